The van der Waals surface area contributed by atoms with Crippen LogP contribution < -0.4 is 15.0 Å². The summed E-state index contributed by atoms with van der Waals surface area (Å²) < 4.78 is 19.0. The van der Waals surface area contributed by atoms with Crippen LogP contribution in [-0.4, -0.2) is 36.0 Å². The number of ether oxygens (including phenoxy) is 1. The standard InChI is InChI=1S/C20H19FN2O5/c1-12-8-14(28-11-19(25)26)6-7-16(12)22-20(27)13-9-18(24)23(10-13)17-5-3-2-4-15(17)21/h2-8,13H,9-11H2,1H3,(H,22,27)(H,25,26). The molecular formula is C20H19FN2O5. The van der Waals surface area contributed by atoms with Crippen molar-refractivity contribution in [3.05, 3.63) is 53.8 Å². The van der Waals surface area contributed by atoms with E-state index in [0.29, 0.717) is 17.0 Å². The van der Waals surface area contributed by atoms with E-state index in [-0.39, 0.29) is 30.5 Å². The Morgan fingerprint density at radius 2 is 2.04 bits per heavy atom. The summed E-state index contributed by atoms with van der Waals surface area (Å²) in [5.41, 5.74) is 1.38. The normalized spacial score (nSPS) is 16.1. The first kappa shape index (κ1) is 19.3. The average molecular weight is 386 g/mol. The molecule has 0 bridgehead atoms. The van der Waals surface area contributed by atoms with E-state index in [0.717, 1.165) is 0 Å². The van der Waals surface area contributed by atoms with E-state index >= 15 is 0 Å². The van der Waals surface area contributed by atoms with Gasteiger partial charge in [-0.2, -0.15) is 0 Å². The van der Waals surface area contributed by atoms with Gasteiger partial charge in [-0.25, -0.2) is 9.18 Å². The number of nitrogens with one attached hydrogen (secondary N) is 1. The molecule has 1 unspecified atom stereocenters. The number of hydrogen-bond acceptors (Lipinski definition) is 4. The van der Waals surface area contributed by atoms with Crippen LogP contribution in [0.3, 0.4) is 0 Å². The van der Waals surface area contributed by atoms with Crippen LogP contribution in [0.2, 0.25) is 0 Å². The van der Waals surface area contributed by atoms with Crippen molar-refractivity contribution in [2.24, 2.45) is 5.92 Å². The molecule has 1 aliphatic heterocycles. The second-order valence-corrected chi connectivity index (χ2v) is 6.51. The lowest BCUT2D eigenvalue weighted by Crippen LogP contribution is -2.28. The van der Waals surface area contributed by atoms with Crippen molar-refractivity contribution in [2.75, 3.05) is 23.4 Å². The van der Waals surface area contributed by atoms with Gasteiger partial charge in [-0.1, -0.05) is 12.1 Å². The molecule has 2 amide bonds. The predicted octanol–water partition coefficient (Wildman–Crippen LogP) is 2.59. The monoisotopic (exact) mass is 386 g/mol. The van der Waals surface area contributed by atoms with Crippen molar-refractivity contribution in [2.45, 2.75) is 13.3 Å². The predicted molar refractivity (Wildman–Crippen MR) is 99.8 cm³/mol. The Balaban J connectivity index is 1.66. The number of carbonyl (C=O) groups is 3. The molecule has 0 spiro atoms. The van der Waals surface area contributed by atoms with Crippen LogP contribution in [0.25, 0.3) is 0 Å². The van der Waals surface area contributed by atoms with Crippen LogP contribution in [-0.2, 0) is 14.4 Å². The van der Waals surface area contributed by atoms with Crippen LogP contribution in [0.1, 0.15) is 12.0 Å². The SMILES string of the molecule is Cc1cc(OCC(=O)O)ccc1NC(=O)C1CC(=O)N(c2ccccc2F)C1. The lowest BCUT2D eigenvalue weighted by Gasteiger charge is -2.17. The Labute approximate surface area is 160 Å². The quantitative estimate of drug-likeness (QED) is 0.796. The Bertz CT molecular complexity index is 931. The largest absolute Gasteiger partial charge is 0.482 e. The Morgan fingerprint density at radius 1 is 1.29 bits per heavy atom. The van der Waals surface area contributed by atoms with Crippen molar-refractivity contribution in [3.63, 3.8) is 0 Å². The summed E-state index contributed by atoms with van der Waals surface area (Å²) in [7, 11) is 0. The van der Waals surface area contributed by atoms with Crippen LogP contribution in [0, 0.1) is 18.7 Å². The summed E-state index contributed by atoms with van der Waals surface area (Å²) in [5.74, 6) is -2.46. The van der Waals surface area contributed by atoms with Gasteiger partial charge in [0.1, 0.15) is 11.6 Å². The van der Waals surface area contributed by atoms with Gasteiger partial charge in [0.2, 0.25) is 11.8 Å². The first-order valence-electron chi connectivity index (χ1n) is 8.66. The second kappa shape index (κ2) is 8.08. The van der Waals surface area contributed by atoms with Crippen molar-refractivity contribution in [3.8, 4) is 5.75 Å². The lowest BCUT2D eigenvalue weighted by atomic mass is 10.1. The molecule has 2 aromatic rings. The van der Waals surface area contributed by atoms with Gasteiger partial charge < -0.3 is 20.1 Å². The molecule has 2 N–H and O–H groups in total. The Morgan fingerprint density at radius 3 is 2.71 bits per heavy atom. The zero-order valence-corrected chi connectivity index (χ0v) is 15.1. The highest BCUT2D eigenvalue weighted by Gasteiger charge is 2.36. The molecular weight excluding hydrogens is 367 g/mol. The highest BCUT2D eigenvalue weighted by Crippen LogP contribution is 2.29. The van der Waals surface area contributed by atoms with Crippen molar-refractivity contribution in [1.29, 1.82) is 0 Å². The summed E-state index contributed by atoms with van der Waals surface area (Å²) in [6, 6.07) is 10.7. The van der Waals surface area contributed by atoms with Crippen LogP contribution in [0.5, 0.6) is 5.75 Å². The minimum absolute atomic E-state index is 0.000971. The molecule has 0 aromatic heterocycles. The van der Waals surface area contributed by atoms with Crippen LogP contribution in [0.4, 0.5) is 15.8 Å². The minimum atomic E-state index is -1.08. The molecule has 0 radical (unpaired) electrons. The van der Waals surface area contributed by atoms with E-state index in [1.54, 1.807) is 31.2 Å². The number of anilines is 2. The molecule has 28 heavy (non-hydrogen) atoms. The number of carboxylic acid groups (broad SMARTS) is 1. The molecule has 7 nitrogen and oxygen atoms in total. The van der Waals surface area contributed by atoms with Gasteiger partial charge in [-0.15, -0.1) is 0 Å². The fraction of sp³-hybridized carbons (Fsp3) is 0.250. The van der Waals surface area contributed by atoms with Gasteiger partial charge in [0.15, 0.2) is 6.61 Å². The summed E-state index contributed by atoms with van der Waals surface area (Å²) >= 11 is 0. The number of carbonyl (C=O) groups excluding carboxylic acids is 2. The molecule has 1 heterocycles. The summed E-state index contributed by atoms with van der Waals surface area (Å²) in [6.45, 7) is 1.39. The van der Waals surface area contributed by atoms with E-state index in [9.17, 15) is 18.8 Å². The van der Waals surface area contributed by atoms with Crippen molar-refractivity contribution >= 4 is 29.2 Å². The number of aryl methyl sites for hydroxylation is 1. The number of aliphatic carboxylic acids is 1. The number of halogens is 1. The van der Waals surface area contributed by atoms with Gasteiger partial charge in [-0.3, -0.25) is 9.59 Å². The summed E-state index contributed by atoms with van der Waals surface area (Å²) in [5, 5.41) is 11.4. The van der Waals surface area contributed by atoms with Gasteiger partial charge in [0, 0.05) is 18.7 Å². The maximum absolute atomic E-state index is 14.0. The van der Waals surface area contributed by atoms with Crippen molar-refractivity contribution < 1.29 is 28.6 Å². The molecule has 1 aliphatic rings. The van der Waals surface area contributed by atoms with Gasteiger partial charge in [0.05, 0.1) is 11.6 Å². The molecule has 1 fully saturated rings. The maximum Gasteiger partial charge on any atom is 0.341 e. The van der Waals surface area contributed by atoms with Crippen molar-refractivity contribution in [1.82, 2.24) is 0 Å². The summed E-state index contributed by atoms with van der Waals surface area (Å²) in [4.78, 5) is 36.7. The molecule has 1 saturated heterocycles. The van der Waals surface area contributed by atoms with E-state index in [1.165, 1.54) is 23.1 Å². The number of rotatable bonds is 6. The number of para-hydroxylation sites is 1. The zero-order valence-electron chi connectivity index (χ0n) is 15.1. The van der Waals surface area contributed by atoms with E-state index < -0.39 is 24.3 Å². The minimum Gasteiger partial charge on any atom is -0.482 e. The molecule has 8 heteroatoms. The number of carboxylic acids is 1. The smallest absolute Gasteiger partial charge is 0.341 e. The molecule has 1 atom stereocenters. The van der Waals surface area contributed by atoms with Gasteiger partial charge >= 0.3 is 5.97 Å². The fourth-order valence-electron chi connectivity index (χ4n) is 3.03. The van der Waals surface area contributed by atoms with Gasteiger partial charge in [-0.05, 0) is 42.8 Å². The summed E-state index contributed by atoms with van der Waals surface area (Å²) in [6.07, 6.45) is -0.000971. The Kier molecular flexibility index (Phi) is 5.58. The van der Waals surface area contributed by atoms with E-state index in [1.807, 2.05) is 0 Å². The zero-order chi connectivity index (χ0) is 20.3. The lowest BCUT2D eigenvalue weighted by molar-refractivity contribution is -0.139. The fourth-order valence-corrected chi connectivity index (χ4v) is 3.03. The van der Waals surface area contributed by atoms with Crippen LogP contribution in [0.15, 0.2) is 42.5 Å². The third-order valence-electron chi connectivity index (χ3n) is 4.46. The second-order valence-electron chi connectivity index (χ2n) is 6.51. The number of amides is 2. The molecule has 2 aromatic carbocycles. The third kappa shape index (κ3) is 4.28. The van der Waals surface area contributed by atoms with Gasteiger partial charge in [0.25, 0.3) is 0 Å². The number of hydrogen-bond donors (Lipinski definition) is 2. The molecule has 0 saturated carbocycles. The maximum atomic E-state index is 14.0. The van der Waals surface area contributed by atoms with Crippen LogP contribution >= 0.6 is 0 Å². The molecule has 3 rings (SSSR count). The highest BCUT2D eigenvalue weighted by atomic mass is 19.1. The highest BCUT2D eigenvalue weighted by molar-refractivity contribution is 6.03. The van der Waals surface area contributed by atoms with E-state index in [4.69, 9.17) is 9.84 Å². The number of benzene rings is 2. The average Bonchev–Trinajstić information content (AvgIpc) is 3.04. The molecule has 0 aliphatic carbocycles. The third-order valence-corrected chi connectivity index (χ3v) is 4.46. The van der Waals surface area contributed by atoms with E-state index in [2.05, 4.69) is 5.32 Å². The molecule has 146 valence electrons. The topological polar surface area (TPSA) is 95.9 Å². The number of nitrogens with zero attached hydrogens (tertiary/aromatic N) is 1. The Hall–Kier alpha value is -3.42. The first-order chi connectivity index (χ1) is 13.3. The first-order valence-corrected chi connectivity index (χ1v) is 8.66.